The molecule has 0 unspecified atom stereocenters. The van der Waals surface area contributed by atoms with Gasteiger partial charge >= 0.3 is 0 Å². The van der Waals surface area contributed by atoms with Gasteiger partial charge in [0.15, 0.2) is 5.84 Å². The van der Waals surface area contributed by atoms with E-state index in [1.807, 2.05) is 30.3 Å². The van der Waals surface area contributed by atoms with Crippen molar-refractivity contribution in [2.75, 3.05) is 7.11 Å². The summed E-state index contributed by atoms with van der Waals surface area (Å²) in [6, 6.07) is 14.1. The first-order valence-corrected chi connectivity index (χ1v) is 6.04. The summed E-state index contributed by atoms with van der Waals surface area (Å²) in [4.78, 5) is 4.51. The Hall–Kier alpha value is -2.56. The number of amidine groups is 1. The number of oxime groups is 1. The van der Waals surface area contributed by atoms with Gasteiger partial charge in [0.25, 0.3) is 0 Å². The van der Waals surface area contributed by atoms with Crippen LogP contribution in [0.3, 0.4) is 0 Å². The Kier molecular flexibility index (Phi) is 4.55. The second-order valence-electron chi connectivity index (χ2n) is 4.08. The van der Waals surface area contributed by atoms with Crippen molar-refractivity contribution in [3.63, 3.8) is 0 Å². The highest BCUT2D eigenvalue weighted by Crippen LogP contribution is 2.18. The zero-order valence-corrected chi connectivity index (χ0v) is 11.0. The Morgan fingerprint density at radius 3 is 2.60 bits per heavy atom. The summed E-state index contributed by atoms with van der Waals surface area (Å²) in [7, 11) is 1.35. The van der Waals surface area contributed by atoms with Crippen molar-refractivity contribution in [2.45, 2.75) is 6.61 Å². The van der Waals surface area contributed by atoms with Gasteiger partial charge in [0.2, 0.25) is 0 Å². The van der Waals surface area contributed by atoms with Crippen LogP contribution in [0.5, 0.6) is 5.75 Å². The molecule has 0 aromatic heterocycles. The number of hydrogen-bond acceptors (Lipinski definition) is 3. The Bertz CT molecular complexity index is 600. The molecule has 0 atom stereocenters. The number of rotatable bonds is 5. The van der Waals surface area contributed by atoms with Crippen LogP contribution in [0.2, 0.25) is 0 Å². The van der Waals surface area contributed by atoms with Crippen LogP contribution in [0.15, 0.2) is 53.7 Å². The molecule has 0 heterocycles. The molecule has 0 aliphatic rings. The zero-order valence-electron chi connectivity index (χ0n) is 11.0. The lowest BCUT2D eigenvalue weighted by Crippen LogP contribution is -2.15. The first-order chi connectivity index (χ1) is 9.70. The molecule has 2 rings (SSSR count). The summed E-state index contributed by atoms with van der Waals surface area (Å²) < 4.78 is 19.4. The smallest absolute Gasteiger partial charge is 0.173 e. The van der Waals surface area contributed by atoms with Gasteiger partial charge in [-0.15, -0.1) is 0 Å². The molecule has 0 bridgehead atoms. The minimum atomic E-state index is -0.506. The molecule has 5 heteroatoms. The van der Waals surface area contributed by atoms with Crippen LogP contribution in [0.4, 0.5) is 4.39 Å². The highest BCUT2D eigenvalue weighted by Gasteiger charge is 2.08. The first kappa shape index (κ1) is 13.9. The SMILES string of the molecule is CO/N=C(\N)c1ccc(OCc2ccccc2)cc1F. The van der Waals surface area contributed by atoms with Gasteiger partial charge in [0.1, 0.15) is 25.3 Å². The second-order valence-corrected chi connectivity index (χ2v) is 4.08. The third kappa shape index (κ3) is 3.47. The predicted molar refractivity (Wildman–Crippen MR) is 74.9 cm³/mol. The quantitative estimate of drug-likeness (QED) is 0.518. The number of nitrogens with zero attached hydrogens (tertiary/aromatic N) is 1. The maximum atomic E-state index is 13.9. The molecule has 0 spiro atoms. The van der Waals surface area contributed by atoms with Gasteiger partial charge in [-0.25, -0.2) is 4.39 Å². The molecule has 2 N–H and O–H groups in total. The van der Waals surface area contributed by atoms with Crippen LogP contribution < -0.4 is 10.5 Å². The van der Waals surface area contributed by atoms with E-state index in [1.54, 1.807) is 6.07 Å². The van der Waals surface area contributed by atoms with E-state index in [2.05, 4.69) is 9.99 Å². The average Bonchev–Trinajstić information content (AvgIpc) is 2.46. The molecule has 0 fully saturated rings. The molecular formula is C15H15FN2O2. The van der Waals surface area contributed by atoms with Gasteiger partial charge < -0.3 is 15.3 Å². The van der Waals surface area contributed by atoms with Crippen molar-refractivity contribution in [2.24, 2.45) is 10.9 Å². The molecule has 104 valence electrons. The van der Waals surface area contributed by atoms with E-state index in [4.69, 9.17) is 10.5 Å². The fourth-order valence-electron chi connectivity index (χ4n) is 1.68. The first-order valence-electron chi connectivity index (χ1n) is 6.04. The Balaban J connectivity index is 2.08. The fraction of sp³-hybridized carbons (Fsp3) is 0.133. The summed E-state index contributed by atoms with van der Waals surface area (Å²) in [5.41, 5.74) is 6.76. The van der Waals surface area contributed by atoms with E-state index in [0.717, 1.165) is 5.56 Å². The normalized spacial score (nSPS) is 11.2. The van der Waals surface area contributed by atoms with Crippen molar-refractivity contribution < 1.29 is 14.0 Å². The van der Waals surface area contributed by atoms with E-state index < -0.39 is 5.82 Å². The van der Waals surface area contributed by atoms with Gasteiger partial charge in [0, 0.05) is 6.07 Å². The summed E-state index contributed by atoms with van der Waals surface area (Å²) in [6.07, 6.45) is 0. The summed E-state index contributed by atoms with van der Waals surface area (Å²) >= 11 is 0. The largest absolute Gasteiger partial charge is 0.489 e. The van der Waals surface area contributed by atoms with Gasteiger partial charge in [-0.3, -0.25) is 0 Å². The minimum Gasteiger partial charge on any atom is -0.489 e. The third-order valence-corrected chi connectivity index (χ3v) is 2.65. The average molecular weight is 274 g/mol. The Labute approximate surface area is 116 Å². The molecule has 2 aromatic carbocycles. The molecule has 20 heavy (non-hydrogen) atoms. The Morgan fingerprint density at radius 1 is 1.20 bits per heavy atom. The van der Waals surface area contributed by atoms with Gasteiger partial charge in [0.05, 0.1) is 5.56 Å². The molecule has 0 aliphatic heterocycles. The number of hydrogen-bond donors (Lipinski definition) is 1. The molecule has 4 nitrogen and oxygen atoms in total. The Morgan fingerprint density at radius 2 is 1.95 bits per heavy atom. The van der Waals surface area contributed by atoms with Crippen LogP contribution >= 0.6 is 0 Å². The van der Waals surface area contributed by atoms with Crippen LogP contribution in [-0.2, 0) is 11.4 Å². The molecule has 0 amide bonds. The molecular weight excluding hydrogens is 259 g/mol. The summed E-state index contributed by atoms with van der Waals surface area (Å²) in [5, 5.41) is 3.49. The van der Waals surface area contributed by atoms with E-state index in [-0.39, 0.29) is 11.4 Å². The highest BCUT2D eigenvalue weighted by atomic mass is 19.1. The van der Waals surface area contributed by atoms with Crippen LogP contribution in [-0.4, -0.2) is 12.9 Å². The van der Waals surface area contributed by atoms with Crippen molar-refractivity contribution in [1.29, 1.82) is 0 Å². The van der Waals surface area contributed by atoms with Gasteiger partial charge in [-0.1, -0.05) is 35.5 Å². The maximum absolute atomic E-state index is 13.9. The lowest BCUT2D eigenvalue weighted by Gasteiger charge is -2.08. The summed E-state index contributed by atoms with van der Waals surface area (Å²) in [5.74, 6) is -0.0891. The number of halogens is 1. The number of benzene rings is 2. The monoisotopic (exact) mass is 274 g/mol. The zero-order chi connectivity index (χ0) is 14.4. The molecule has 0 saturated heterocycles. The van der Waals surface area contributed by atoms with E-state index in [1.165, 1.54) is 19.2 Å². The summed E-state index contributed by atoms with van der Waals surface area (Å²) in [6.45, 7) is 0.376. The van der Waals surface area contributed by atoms with Crippen molar-refractivity contribution in [1.82, 2.24) is 0 Å². The minimum absolute atomic E-state index is 0.0143. The predicted octanol–water partition coefficient (Wildman–Crippen LogP) is 2.67. The fourth-order valence-corrected chi connectivity index (χ4v) is 1.68. The van der Waals surface area contributed by atoms with Crippen molar-refractivity contribution in [3.8, 4) is 5.75 Å². The highest BCUT2D eigenvalue weighted by molar-refractivity contribution is 5.97. The van der Waals surface area contributed by atoms with Gasteiger partial charge in [-0.2, -0.15) is 0 Å². The van der Waals surface area contributed by atoms with E-state index in [0.29, 0.717) is 12.4 Å². The maximum Gasteiger partial charge on any atom is 0.173 e. The third-order valence-electron chi connectivity index (χ3n) is 2.65. The molecule has 2 aromatic rings. The molecule has 0 aliphatic carbocycles. The van der Waals surface area contributed by atoms with Gasteiger partial charge in [-0.05, 0) is 17.7 Å². The van der Waals surface area contributed by atoms with Crippen molar-refractivity contribution >= 4 is 5.84 Å². The second kappa shape index (κ2) is 6.56. The van der Waals surface area contributed by atoms with Crippen LogP contribution in [0.1, 0.15) is 11.1 Å². The van der Waals surface area contributed by atoms with Crippen molar-refractivity contribution in [3.05, 3.63) is 65.5 Å². The van der Waals surface area contributed by atoms with Crippen LogP contribution in [0.25, 0.3) is 0 Å². The van der Waals surface area contributed by atoms with Crippen LogP contribution in [0, 0.1) is 5.82 Å². The number of ether oxygens (including phenoxy) is 1. The molecule has 0 radical (unpaired) electrons. The van der Waals surface area contributed by atoms with E-state index >= 15 is 0 Å². The lowest BCUT2D eigenvalue weighted by atomic mass is 10.2. The number of nitrogens with two attached hydrogens (primary N) is 1. The standard InChI is InChI=1S/C15H15FN2O2/c1-19-18-15(17)13-8-7-12(9-14(13)16)20-10-11-5-3-2-4-6-11/h2-9H,10H2,1H3,(H2,17,18). The molecule has 0 saturated carbocycles. The topological polar surface area (TPSA) is 56.8 Å². The lowest BCUT2D eigenvalue weighted by molar-refractivity contribution is 0.213. The van der Waals surface area contributed by atoms with E-state index in [9.17, 15) is 4.39 Å².